The van der Waals surface area contributed by atoms with E-state index >= 15 is 0 Å². The number of nitrogens with zero attached hydrogens (tertiary/aromatic N) is 5. The SMILES string of the molecule is O=C(O)CN1CCN(CCN2C(=O)c3ccccc3C2=O)CCN(CC(=O)O)CCN(CC(=O)O)CC1.[90Y]. The molecule has 1 fully saturated rings. The summed E-state index contributed by atoms with van der Waals surface area (Å²) in [5, 5.41) is 27.9. The number of benzene rings is 1. The number of rotatable bonds is 9. The average Bonchev–Trinajstić information content (AvgIpc) is 3.07. The molecule has 2 aliphatic heterocycles. The summed E-state index contributed by atoms with van der Waals surface area (Å²) in [4.78, 5) is 67.9. The zero-order valence-electron chi connectivity index (χ0n) is 21.2. The first-order chi connectivity index (χ1) is 17.6. The first kappa shape index (κ1) is 31.9. The molecule has 14 heteroatoms. The second kappa shape index (κ2) is 15.3. The number of imide groups is 1. The summed E-state index contributed by atoms with van der Waals surface area (Å²) in [6.45, 7) is 2.72. The van der Waals surface area contributed by atoms with Crippen LogP contribution in [-0.2, 0) is 47.1 Å². The normalized spacial score (nSPS) is 18.8. The zero-order chi connectivity index (χ0) is 26.9. The van der Waals surface area contributed by atoms with Crippen molar-refractivity contribution in [3.8, 4) is 0 Å². The third-order valence-corrected chi connectivity index (χ3v) is 6.52. The maximum atomic E-state index is 12.7. The minimum atomic E-state index is -1.01. The molecule has 3 N–H and O–H groups in total. The van der Waals surface area contributed by atoms with Crippen LogP contribution < -0.4 is 0 Å². The Labute approximate surface area is 245 Å². The van der Waals surface area contributed by atoms with Crippen molar-refractivity contribution in [1.29, 1.82) is 0 Å². The minimum Gasteiger partial charge on any atom is -0.480 e. The van der Waals surface area contributed by atoms with E-state index in [0.29, 0.717) is 70.0 Å². The molecule has 2 aliphatic rings. The van der Waals surface area contributed by atoms with Crippen molar-refractivity contribution in [2.24, 2.45) is 0 Å². The van der Waals surface area contributed by atoms with Crippen LogP contribution in [0.15, 0.2) is 24.3 Å². The fraction of sp³-hybridized carbons (Fsp3) is 0.542. The molecule has 38 heavy (non-hydrogen) atoms. The van der Waals surface area contributed by atoms with Gasteiger partial charge in [-0.1, -0.05) is 12.1 Å². The third-order valence-electron chi connectivity index (χ3n) is 6.52. The molecule has 0 atom stereocenters. The molecule has 0 aromatic heterocycles. The van der Waals surface area contributed by atoms with Gasteiger partial charge in [0.05, 0.1) is 30.8 Å². The molecule has 1 radical (unpaired) electrons. The van der Waals surface area contributed by atoms with Crippen LogP contribution in [-0.4, -0.2) is 155 Å². The van der Waals surface area contributed by atoms with Crippen molar-refractivity contribution in [1.82, 2.24) is 24.5 Å². The molecule has 13 nitrogen and oxygen atoms in total. The second-order valence-corrected chi connectivity index (χ2v) is 9.16. The topological polar surface area (TPSA) is 162 Å². The minimum absolute atomic E-state index is 0. The van der Waals surface area contributed by atoms with Gasteiger partial charge in [-0.3, -0.25) is 48.5 Å². The summed E-state index contributed by atoms with van der Waals surface area (Å²) >= 11 is 0. The van der Waals surface area contributed by atoms with Crippen molar-refractivity contribution in [2.45, 2.75) is 0 Å². The Morgan fingerprint density at radius 1 is 0.579 bits per heavy atom. The van der Waals surface area contributed by atoms with Gasteiger partial charge in [0.15, 0.2) is 0 Å². The largest absolute Gasteiger partial charge is 0.480 e. The second-order valence-electron chi connectivity index (χ2n) is 9.16. The average molecular weight is 609 g/mol. The molecule has 1 aromatic rings. The van der Waals surface area contributed by atoms with Crippen molar-refractivity contribution in [3.63, 3.8) is 0 Å². The fourth-order valence-electron chi connectivity index (χ4n) is 4.53. The Morgan fingerprint density at radius 3 is 1.21 bits per heavy atom. The number of carbonyl (C=O) groups excluding carboxylic acids is 2. The predicted molar refractivity (Wildman–Crippen MR) is 130 cm³/mol. The third kappa shape index (κ3) is 9.47. The summed E-state index contributed by atoms with van der Waals surface area (Å²) in [6.07, 6.45) is 0. The van der Waals surface area contributed by atoms with E-state index < -0.39 is 17.9 Å². The van der Waals surface area contributed by atoms with Crippen LogP contribution in [0.3, 0.4) is 0 Å². The van der Waals surface area contributed by atoms with Crippen LogP contribution >= 0.6 is 0 Å². The van der Waals surface area contributed by atoms with Gasteiger partial charge in [0.25, 0.3) is 11.8 Å². The van der Waals surface area contributed by atoms with Crippen LogP contribution in [0.5, 0.6) is 0 Å². The molecule has 0 aliphatic carbocycles. The van der Waals surface area contributed by atoms with E-state index in [9.17, 15) is 39.3 Å². The monoisotopic (exact) mass is 609 g/mol. The number of carbonyl (C=O) groups is 5. The standard InChI is InChI=1S/C24H33N5O8.Y/c30-20(31)15-26-7-5-25(13-14-29-23(36)18-3-1-2-4-19(18)24(29)37)6-8-27(16-21(32)33)10-12-28(11-9-26)17-22(34)35;/h1-4H,5-17H2,(H,30,31)(H,32,33)(H,34,35);/i;1+1. The van der Waals surface area contributed by atoms with Crippen LogP contribution in [0.4, 0.5) is 0 Å². The van der Waals surface area contributed by atoms with Crippen LogP contribution in [0.1, 0.15) is 20.7 Å². The van der Waals surface area contributed by atoms with E-state index in [-0.39, 0.29) is 70.7 Å². The molecule has 2 heterocycles. The number of fused-ring (bicyclic) bond motifs is 1. The molecular weight excluding hydrogens is 576 g/mol. The molecule has 0 unspecified atom stereocenters. The molecule has 1 aromatic carbocycles. The number of amides is 2. The molecule has 2 amide bonds. The number of hydrogen-bond donors (Lipinski definition) is 3. The van der Waals surface area contributed by atoms with Gasteiger partial charge in [-0.05, 0) is 12.1 Å². The van der Waals surface area contributed by atoms with Gasteiger partial charge in [0.1, 0.15) is 0 Å². The van der Waals surface area contributed by atoms with Crippen LogP contribution in [0, 0.1) is 0 Å². The van der Waals surface area contributed by atoms with Gasteiger partial charge in [-0.15, -0.1) is 0 Å². The van der Waals surface area contributed by atoms with Crippen LogP contribution in [0.2, 0.25) is 0 Å². The Bertz CT molecular complexity index is 958. The molecule has 0 spiro atoms. The smallest absolute Gasteiger partial charge is 0.317 e. The first-order valence-corrected chi connectivity index (χ1v) is 12.1. The molecule has 3 rings (SSSR count). The van der Waals surface area contributed by atoms with Gasteiger partial charge in [0.2, 0.25) is 0 Å². The summed E-state index contributed by atoms with van der Waals surface area (Å²) in [5.41, 5.74) is 0.736. The van der Waals surface area contributed by atoms with Crippen molar-refractivity contribution < 1.29 is 72.0 Å². The Morgan fingerprint density at radius 2 is 0.895 bits per heavy atom. The molecule has 1 saturated heterocycles. The summed E-state index contributed by atoms with van der Waals surface area (Å²) in [6, 6.07) is 6.64. The molecule has 205 valence electrons. The van der Waals surface area contributed by atoms with Gasteiger partial charge >= 0.3 is 17.9 Å². The number of carboxylic acids is 3. The van der Waals surface area contributed by atoms with E-state index in [1.54, 1.807) is 39.0 Å². The van der Waals surface area contributed by atoms with E-state index in [1.165, 1.54) is 4.90 Å². The molecule has 0 saturated carbocycles. The molecular formula is C24H33N5O8Y. The van der Waals surface area contributed by atoms with Crippen molar-refractivity contribution >= 4 is 29.7 Å². The Hall–Kier alpha value is -2.29. The number of aliphatic carboxylic acids is 3. The van der Waals surface area contributed by atoms with Crippen LogP contribution in [0.25, 0.3) is 0 Å². The maximum Gasteiger partial charge on any atom is 0.317 e. The first-order valence-electron chi connectivity index (χ1n) is 12.1. The molecule has 0 bridgehead atoms. The van der Waals surface area contributed by atoms with Gasteiger partial charge < -0.3 is 15.3 Å². The van der Waals surface area contributed by atoms with E-state index in [0.717, 1.165) is 0 Å². The van der Waals surface area contributed by atoms with Gasteiger partial charge in [-0.25, -0.2) is 0 Å². The van der Waals surface area contributed by atoms with E-state index in [2.05, 4.69) is 0 Å². The summed E-state index contributed by atoms with van der Waals surface area (Å²) in [7, 11) is 0. The van der Waals surface area contributed by atoms with Crippen molar-refractivity contribution in [3.05, 3.63) is 35.4 Å². The van der Waals surface area contributed by atoms with Gasteiger partial charge in [0, 0.05) is 98.2 Å². The predicted octanol–water partition coefficient (Wildman–Crippen LogP) is -1.24. The fourth-order valence-corrected chi connectivity index (χ4v) is 4.53. The Balaban J connectivity index is 0.00000507. The van der Waals surface area contributed by atoms with Gasteiger partial charge in [-0.2, -0.15) is 0 Å². The zero-order valence-corrected chi connectivity index (χ0v) is 24.0. The summed E-state index contributed by atoms with van der Waals surface area (Å²) in [5.74, 6) is -3.72. The summed E-state index contributed by atoms with van der Waals surface area (Å²) < 4.78 is 0. The van der Waals surface area contributed by atoms with E-state index in [1.807, 2.05) is 4.90 Å². The van der Waals surface area contributed by atoms with Crippen molar-refractivity contribution in [2.75, 3.05) is 85.1 Å². The Kier molecular flexibility index (Phi) is 12.9. The van der Waals surface area contributed by atoms with E-state index in [4.69, 9.17) is 0 Å². The number of hydrogen-bond acceptors (Lipinski definition) is 9. The quantitative estimate of drug-likeness (QED) is 0.286. The number of carboxylic acid groups (broad SMARTS) is 3. The maximum absolute atomic E-state index is 12.7.